The number of esters is 1. The minimum absolute atomic E-state index is 0.0226. The molecule has 0 rings (SSSR count). The summed E-state index contributed by atoms with van der Waals surface area (Å²) < 4.78 is 4.76. The molecule has 15 heavy (non-hydrogen) atoms. The second-order valence-corrected chi connectivity index (χ2v) is 3.33. The molecule has 5 heteroatoms. The first kappa shape index (κ1) is 13.9. The van der Waals surface area contributed by atoms with Crippen molar-refractivity contribution in [2.75, 3.05) is 6.61 Å². The van der Waals surface area contributed by atoms with Gasteiger partial charge < -0.3 is 14.9 Å². The standard InChI is InChI=1S/C10H17NO4/c1-2-5-15-10(14)7-9(13)6-8(12)3-4-11/h8-9,12-13H,2-3,5-7H2,1H3. The number of carbonyl (C=O) groups is 1. The van der Waals surface area contributed by atoms with E-state index in [1.54, 1.807) is 6.07 Å². The van der Waals surface area contributed by atoms with Crippen molar-refractivity contribution in [3.8, 4) is 6.07 Å². The Hall–Kier alpha value is -1.12. The topological polar surface area (TPSA) is 90.6 Å². The third kappa shape index (κ3) is 7.91. The lowest BCUT2D eigenvalue weighted by molar-refractivity contribution is -0.146. The summed E-state index contributed by atoms with van der Waals surface area (Å²) in [7, 11) is 0. The summed E-state index contributed by atoms with van der Waals surface area (Å²) in [6.45, 7) is 2.21. The van der Waals surface area contributed by atoms with Crippen molar-refractivity contribution in [2.24, 2.45) is 0 Å². The van der Waals surface area contributed by atoms with Gasteiger partial charge in [0.05, 0.1) is 37.7 Å². The highest BCUT2D eigenvalue weighted by Crippen LogP contribution is 2.06. The summed E-state index contributed by atoms with van der Waals surface area (Å²) in [6, 6.07) is 1.78. The molecule has 0 aromatic carbocycles. The van der Waals surface area contributed by atoms with Crippen molar-refractivity contribution in [1.29, 1.82) is 5.26 Å². The fraction of sp³-hybridized carbons (Fsp3) is 0.800. The van der Waals surface area contributed by atoms with Gasteiger partial charge >= 0.3 is 5.97 Å². The van der Waals surface area contributed by atoms with Gasteiger partial charge in [-0.1, -0.05) is 6.92 Å². The Morgan fingerprint density at radius 3 is 2.67 bits per heavy atom. The zero-order valence-electron chi connectivity index (χ0n) is 8.85. The molecule has 2 atom stereocenters. The van der Waals surface area contributed by atoms with Crippen molar-refractivity contribution in [3.05, 3.63) is 0 Å². The monoisotopic (exact) mass is 215 g/mol. The first-order valence-electron chi connectivity index (χ1n) is 4.98. The van der Waals surface area contributed by atoms with E-state index in [9.17, 15) is 15.0 Å². The number of ether oxygens (including phenoxy) is 1. The number of nitriles is 1. The van der Waals surface area contributed by atoms with E-state index < -0.39 is 18.2 Å². The van der Waals surface area contributed by atoms with Crippen LogP contribution in [-0.4, -0.2) is 35.0 Å². The van der Waals surface area contributed by atoms with Crippen molar-refractivity contribution < 1.29 is 19.7 Å². The number of hydrogen-bond donors (Lipinski definition) is 2. The lowest BCUT2D eigenvalue weighted by atomic mass is 10.1. The average molecular weight is 215 g/mol. The lowest BCUT2D eigenvalue weighted by Crippen LogP contribution is -2.21. The number of rotatable bonds is 7. The van der Waals surface area contributed by atoms with Crippen LogP contribution in [0.3, 0.4) is 0 Å². The molecule has 0 aliphatic rings. The van der Waals surface area contributed by atoms with Gasteiger partial charge in [-0.25, -0.2) is 0 Å². The van der Waals surface area contributed by atoms with E-state index in [2.05, 4.69) is 0 Å². The van der Waals surface area contributed by atoms with Crippen molar-refractivity contribution in [2.45, 2.75) is 44.8 Å². The molecule has 0 heterocycles. The SMILES string of the molecule is CCCOC(=O)CC(O)CC(O)CC#N. The molecule has 2 unspecified atom stereocenters. The van der Waals surface area contributed by atoms with E-state index in [0.717, 1.165) is 6.42 Å². The van der Waals surface area contributed by atoms with Gasteiger partial charge in [0.1, 0.15) is 0 Å². The molecule has 5 nitrogen and oxygen atoms in total. The molecule has 0 fully saturated rings. The Morgan fingerprint density at radius 1 is 1.47 bits per heavy atom. The molecule has 0 radical (unpaired) electrons. The molecule has 0 aromatic heterocycles. The predicted octanol–water partition coefficient (Wildman–Crippen LogP) is 0.355. The van der Waals surface area contributed by atoms with Gasteiger partial charge in [0.15, 0.2) is 0 Å². The molecule has 0 spiro atoms. The predicted molar refractivity (Wildman–Crippen MR) is 52.7 cm³/mol. The van der Waals surface area contributed by atoms with Crippen LogP contribution >= 0.6 is 0 Å². The maximum Gasteiger partial charge on any atom is 0.308 e. The van der Waals surface area contributed by atoms with Crippen LogP contribution in [0.4, 0.5) is 0 Å². The van der Waals surface area contributed by atoms with Crippen molar-refractivity contribution >= 4 is 5.97 Å². The third-order valence-corrected chi connectivity index (χ3v) is 1.74. The fourth-order valence-electron chi connectivity index (χ4n) is 1.05. The average Bonchev–Trinajstić information content (AvgIpc) is 2.14. The molecule has 0 saturated carbocycles. The van der Waals surface area contributed by atoms with Crippen LogP contribution in [0.2, 0.25) is 0 Å². The second kappa shape index (κ2) is 8.21. The molecule has 86 valence electrons. The quantitative estimate of drug-likeness (QED) is 0.598. The van der Waals surface area contributed by atoms with Crippen LogP contribution < -0.4 is 0 Å². The summed E-state index contributed by atoms with van der Waals surface area (Å²) in [5.41, 5.74) is 0. The third-order valence-electron chi connectivity index (χ3n) is 1.74. The Kier molecular flexibility index (Phi) is 7.60. The summed E-state index contributed by atoms with van der Waals surface area (Å²) in [5.74, 6) is -0.478. The van der Waals surface area contributed by atoms with Gasteiger partial charge in [0, 0.05) is 6.42 Å². The maximum atomic E-state index is 11.0. The van der Waals surface area contributed by atoms with Gasteiger partial charge in [-0.15, -0.1) is 0 Å². The smallest absolute Gasteiger partial charge is 0.308 e. The summed E-state index contributed by atoms with van der Waals surface area (Å²) in [4.78, 5) is 11.0. The second-order valence-electron chi connectivity index (χ2n) is 3.33. The van der Waals surface area contributed by atoms with Crippen LogP contribution in [0, 0.1) is 11.3 Å². The van der Waals surface area contributed by atoms with Gasteiger partial charge in [-0.05, 0) is 6.42 Å². The Morgan fingerprint density at radius 2 is 2.13 bits per heavy atom. The number of aliphatic hydroxyl groups is 2. The molecule has 0 saturated heterocycles. The molecule has 0 amide bonds. The fourth-order valence-corrected chi connectivity index (χ4v) is 1.05. The molecule has 0 aromatic rings. The Labute approximate surface area is 89.3 Å². The lowest BCUT2D eigenvalue weighted by Gasteiger charge is -2.12. The Balaban J connectivity index is 3.68. The van der Waals surface area contributed by atoms with Crippen LogP contribution in [-0.2, 0) is 9.53 Å². The molecule has 2 N–H and O–H groups in total. The maximum absolute atomic E-state index is 11.0. The summed E-state index contributed by atoms with van der Waals surface area (Å²) in [6.07, 6.45) is -1.25. The molecule has 0 aliphatic heterocycles. The first-order chi connectivity index (χ1) is 7.10. The minimum atomic E-state index is -0.947. The van der Waals surface area contributed by atoms with Gasteiger partial charge in [0.2, 0.25) is 0 Å². The van der Waals surface area contributed by atoms with Gasteiger partial charge in [0.25, 0.3) is 0 Å². The summed E-state index contributed by atoms with van der Waals surface area (Å²) >= 11 is 0. The van der Waals surface area contributed by atoms with E-state index in [1.165, 1.54) is 0 Å². The number of carbonyl (C=O) groups excluding carboxylic acids is 1. The largest absolute Gasteiger partial charge is 0.466 e. The zero-order valence-corrected chi connectivity index (χ0v) is 8.85. The van der Waals surface area contributed by atoms with E-state index in [-0.39, 0.29) is 19.3 Å². The first-order valence-corrected chi connectivity index (χ1v) is 4.98. The van der Waals surface area contributed by atoms with Gasteiger partial charge in [-0.3, -0.25) is 4.79 Å². The van der Waals surface area contributed by atoms with Crippen molar-refractivity contribution in [3.63, 3.8) is 0 Å². The number of nitrogens with zero attached hydrogens (tertiary/aromatic N) is 1. The molecule has 0 aliphatic carbocycles. The van der Waals surface area contributed by atoms with Crippen molar-refractivity contribution in [1.82, 2.24) is 0 Å². The van der Waals surface area contributed by atoms with Crippen LogP contribution in [0.15, 0.2) is 0 Å². The molecular weight excluding hydrogens is 198 g/mol. The van der Waals surface area contributed by atoms with Gasteiger partial charge in [-0.2, -0.15) is 5.26 Å². The highest BCUT2D eigenvalue weighted by Gasteiger charge is 2.16. The number of aliphatic hydroxyl groups excluding tert-OH is 2. The summed E-state index contributed by atoms with van der Waals surface area (Å²) in [5, 5.41) is 26.8. The highest BCUT2D eigenvalue weighted by molar-refractivity contribution is 5.69. The van der Waals surface area contributed by atoms with E-state index in [4.69, 9.17) is 10.00 Å². The molecule has 0 bridgehead atoms. The minimum Gasteiger partial charge on any atom is -0.466 e. The number of hydrogen-bond acceptors (Lipinski definition) is 5. The van der Waals surface area contributed by atoms with Crippen LogP contribution in [0.5, 0.6) is 0 Å². The van der Waals surface area contributed by atoms with Crippen LogP contribution in [0.25, 0.3) is 0 Å². The van der Waals surface area contributed by atoms with E-state index in [0.29, 0.717) is 6.61 Å². The zero-order chi connectivity index (χ0) is 11.7. The Bertz CT molecular complexity index is 224. The molecular formula is C10H17NO4. The normalized spacial score (nSPS) is 14.0. The van der Waals surface area contributed by atoms with E-state index in [1.807, 2.05) is 6.92 Å². The highest BCUT2D eigenvalue weighted by atomic mass is 16.5. The van der Waals surface area contributed by atoms with Crippen LogP contribution in [0.1, 0.15) is 32.6 Å². The van der Waals surface area contributed by atoms with E-state index >= 15 is 0 Å².